The van der Waals surface area contributed by atoms with Gasteiger partial charge in [0.15, 0.2) is 0 Å². The largest absolute Gasteiger partial charge is 0.350 e. The lowest BCUT2D eigenvalue weighted by Gasteiger charge is -2.03. The minimum absolute atomic E-state index is 0.250. The van der Waals surface area contributed by atoms with Crippen molar-refractivity contribution < 1.29 is 4.79 Å². The topological polar surface area (TPSA) is 67.8 Å². The fourth-order valence-corrected chi connectivity index (χ4v) is 1.47. The minimum Gasteiger partial charge on any atom is -0.350 e. The smallest absolute Gasteiger partial charge is 0.271 e. The van der Waals surface area contributed by atoms with Gasteiger partial charge < -0.3 is 5.32 Å². The Morgan fingerprint density at radius 2 is 2.11 bits per heavy atom. The van der Waals surface area contributed by atoms with Crippen molar-refractivity contribution in [1.82, 2.24) is 20.3 Å². The Morgan fingerprint density at radius 1 is 1.22 bits per heavy atom. The van der Waals surface area contributed by atoms with Crippen LogP contribution < -0.4 is 5.32 Å². The van der Waals surface area contributed by atoms with E-state index >= 15 is 0 Å². The summed E-state index contributed by atoms with van der Waals surface area (Å²) in [5.74, 6) is -0.268. The Hall–Kier alpha value is -2.01. The van der Waals surface area contributed by atoms with E-state index in [4.69, 9.17) is 11.6 Å². The lowest BCUT2D eigenvalue weighted by Crippen LogP contribution is -2.26. The normalized spacial score (nSPS) is 10.1. The molecule has 0 atom stereocenters. The number of halogens is 1. The highest BCUT2D eigenvalue weighted by Crippen LogP contribution is 2.01. The van der Waals surface area contributed by atoms with Crippen LogP contribution in [0.2, 0.25) is 5.15 Å². The van der Waals surface area contributed by atoms with E-state index in [0.29, 0.717) is 13.0 Å². The predicted molar refractivity (Wildman–Crippen MR) is 67.3 cm³/mol. The van der Waals surface area contributed by atoms with Crippen LogP contribution in [0.1, 0.15) is 16.2 Å². The minimum atomic E-state index is -0.268. The van der Waals surface area contributed by atoms with E-state index < -0.39 is 0 Å². The molecule has 0 unspecified atom stereocenters. The van der Waals surface area contributed by atoms with Crippen molar-refractivity contribution in [3.63, 3.8) is 0 Å². The SMILES string of the molecule is O=C(NCCc1ccccn1)c1cnc(Cl)cn1. The number of hydrogen-bond donors (Lipinski definition) is 1. The molecule has 0 saturated carbocycles. The molecule has 6 heteroatoms. The fraction of sp³-hybridized carbons (Fsp3) is 0.167. The number of nitrogens with zero attached hydrogens (tertiary/aromatic N) is 3. The molecule has 0 saturated heterocycles. The number of aromatic nitrogens is 3. The molecule has 2 heterocycles. The first-order valence-corrected chi connectivity index (χ1v) is 5.79. The summed E-state index contributed by atoms with van der Waals surface area (Å²) < 4.78 is 0. The highest BCUT2D eigenvalue weighted by molar-refractivity contribution is 6.29. The summed E-state index contributed by atoms with van der Waals surface area (Å²) in [6, 6.07) is 5.68. The van der Waals surface area contributed by atoms with Crippen molar-refractivity contribution in [2.75, 3.05) is 6.54 Å². The average Bonchev–Trinajstić information content (AvgIpc) is 2.40. The molecule has 2 aromatic heterocycles. The molecule has 5 nitrogen and oxygen atoms in total. The molecule has 0 spiro atoms. The summed E-state index contributed by atoms with van der Waals surface area (Å²) in [7, 11) is 0. The van der Waals surface area contributed by atoms with Crippen LogP contribution in [0.4, 0.5) is 0 Å². The molecular formula is C12H11ClN4O. The number of rotatable bonds is 4. The van der Waals surface area contributed by atoms with E-state index in [9.17, 15) is 4.79 Å². The van der Waals surface area contributed by atoms with Gasteiger partial charge in [-0.2, -0.15) is 0 Å². The monoisotopic (exact) mass is 262 g/mol. The third-order valence-corrected chi connectivity index (χ3v) is 2.44. The zero-order valence-electron chi connectivity index (χ0n) is 9.51. The van der Waals surface area contributed by atoms with Crippen LogP contribution in [0.15, 0.2) is 36.8 Å². The highest BCUT2D eigenvalue weighted by Gasteiger charge is 2.06. The summed E-state index contributed by atoms with van der Waals surface area (Å²) in [6.45, 7) is 0.500. The van der Waals surface area contributed by atoms with Crippen molar-refractivity contribution in [3.05, 3.63) is 53.3 Å². The molecule has 92 valence electrons. The van der Waals surface area contributed by atoms with E-state index in [1.165, 1.54) is 12.4 Å². The number of nitrogens with one attached hydrogen (secondary N) is 1. The van der Waals surface area contributed by atoms with Crippen molar-refractivity contribution in [2.45, 2.75) is 6.42 Å². The Labute approximate surface area is 109 Å². The van der Waals surface area contributed by atoms with Gasteiger partial charge in [-0.25, -0.2) is 9.97 Å². The molecule has 0 aromatic carbocycles. The number of pyridine rings is 1. The van der Waals surface area contributed by atoms with Gasteiger partial charge in [-0.1, -0.05) is 17.7 Å². The lowest BCUT2D eigenvalue weighted by molar-refractivity contribution is 0.0948. The molecule has 2 aromatic rings. The van der Waals surface area contributed by atoms with Crippen LogP contribution in [0.25, 0.3) is 0 Å². The number of hydrogen-bond acceptors (Lipinski definition) is 4. The van der Waals surface area contributed by atoms with E-state index in [-0.39, 0.29) is 16.8 Å². The summed E-state index contributed by atoms with van der Waals surface area (Å²) >= 11 is 5.59. The van der Waals surface area contributed by atoms with Gasteiger partial charge >= 0.3 is 0 Å². The fourth-order valence-electron chi connectivity index (χ4n) is 1.37. The quantitative estimate of drug-likeness (QED) is 0.907. The van der Waals surface area contributed by atoms with Gasteiger partial charge in [0, 0.05) is 24.9 Å². The van der Waals surface area contributed by atoms with E-state index in [1.807, 2.05) is 18.2 Å². The van der Waals surface area contributed by atoms with E-state index in [0.717, 1.165) is 5.69 Å². The molecule has 1 amide bonds. The highest BCUT2D eigenvalue weighted by atomic mass is 35.5. The maximum atomic E-state index is 11.7. The number of carbonyl (C=O) groups is 1. The van der Waals surface area contributed by atoms with Crippen LogP contribution in [-0.4, -0.2) is 27.4 Å². The van der Waals surface area contributed by atoms with Gasteiger partial charge in [0.05, 0.1) is 12.4 Å². The van der Waals surface area contributed by atoms with Gasteiger partial charge in [-0.3, -0.25) is 9.78 Å². The molecule has 0 aliphatic carbocycles. The zero-order valence-corrected chi connectivity index (χ0v) is 10.3. The third-order valence-electron chi connectivity index (χ3n) is 2.25. The van der Waals surface area contributed by atoms with Crippen LogP contribution in [0.3, 0.4) is 0 Å². The summed E-state index contributed by atoms with van der Waals surface area (Å²) in [4.78, 5) is 23.5. The maximum Gasteiger partial charge on any atom is 0.271 e. The van der Waals surface area contributed by atoms with E-state index in [1.54, 1.807) is 6.20 Å². The van der Waals surface area contributed by atoms with Crippen LogP contribution in [0.5, 0.6) is 0 Å². The predicted octanol–water partition coefficient (Wildman–Crippen LogP) is 1.50. The van der Waals surface area contributed by atoms with Crippen LogP contribution in [-0.2, 0) is 6.42 Å². The summed E-state index contributed by atoms with van der Waals surface area (Å²) in [6.07, 6.45) is 5.09. The molecule has 0 radical (unpaired) electrons. The maximum absolute atomic E-state index is 11.7. The molecule has 18 heavy (non-hydrogen) atoms. The molecule has 2 rings (SSSR count). The van der Waals surface area contributed by atoms with Crippen molar-refractivity contribution in [2.24, 2.45) is 0 Å². The van der Waals surface area contributed by atoms with E-state index in [2.05, 4.69) is 20.3 Å². The number of carbonyl (C=O) groups excluding carboxylic acids is 1. The molecule has 0 bridgehead atoms. The third kappa shape index (κ3) is 3.49. The molecule has 0 fully saturated rings. The zero-order chi connectivity index (χ0) is 12.8. The van der Waals surface area contributed by atoms with Gasteiger partial charge in [-0.05, 0) is 12.1 Å². The molecule has 0 aliphatic heterocycles. The second-order valence-electron chi connectivity index (χ2n) is 3.55. The summed E-state index contributed by atoms with van der Waals surface area (Å²) in [5.41, 5.74) is 1.18. The molecule has 0 aliphatic rings. The number of amides is 1. The van der Waals surface area contributed by atoms with Gasteiger partial charge in [0.25, 0.3) is 5.91 Å². The van der Waals surface area contributed by atoms with Gasteiger partial charge in [-0.15, -0.1) is 0 Å². The summed E-state index contributed by atoms with van der Waals surface area (Å²) in [5, 5.41) is 3.01. The van der Waals surface area contributed by atoms with Gasteiger partial charge in [0.1, 0.15) is 10.8 Å². The first-order valence-electron chi connectivity index (χ1n) is 5.41. The molecule has 1 N–H and O–H groups in total. The lowest BCUT2D eigenvalue weighted by atomic mass is 10.2. The Bertz CT molecular complexity index is 515. The first-order chi connectivity index (χ1) is 8.75. The van der Waals surface area contributed by atoms with Crippen LogP contribution in [0, 0.1) is 0 Å². The Morgan fingerprint density at radius 3 is 2.78 bits per heavy atom. The van der Waals surface area contributed by atoms with Gasteiger partial charge in [0.2, 0.25) is 0 Å². The Balaban J connectivity index is 1.84. The van der Waals surface area contributed by atoms with Crippen molar-refractivity contribution in [3.8, 4) is 0 Å². The molecular weight excluding hydrogens is 252 g/mol. The van der Waals surface area contributed by atoms with Crippen molar-refractivity contribution >= 4 is 17.5 Å². The second-order valence-corrected chi connectivity index (χ2v) is 3.94. The van der Waals surface area contributed by atoms with Crippen molar-refractivity contribution in [1.29, 1.82) is 0 Å². The second kappa shape index (κ2) is 6.07. The van der Waals surface area contributed by atoms with Crippen LogP contribution >= 0.6 is 11.6 Å². The standard InChI is InChI=1S/C12H11ClN4O/c13-11-8-16-10(7-17-11)12(18)15-6-4-9-3-1-2-5-14-9/h1-3,5,7-8H,4,6H2,(H,15,18). The Kier molecular flexibility index (Phi) is 4.20. The first kappa shape index (κ1) is 12.4. The average molecular weight is 263 g/mol.